The van der Waals surface area contributed by atoms with Crippen LogP contribution in [0.15, 0.2) is 24.3 Å². The van der Waals surface area contributed by atoms with Crippen molar-refractivity contribution in [2.45, 2.75) is 13.5 Å². The van der Waals surface area contributed by atoms with Crippen LogP contribution in [0.5, 0.6) is 0 Å². The van der Waals surface area contributed by atoms with Gasteiger partial charge in [0.15, 0.2) is 0 Å². The van der Waals surface area contributed by atoms with E-state index in [-0.39, 0.29) is 5.91 Å². The quantitative estimate of drug-likeness (QED) is 0.809. The fourth-order valence-electron chi connectivity index (χ4n) is 1.37. The van der Waals surface area contributed by atoms with E-state index in [1.807, 2.05) is 24.3 Å². The molecule has 0 radical (unpaired) electrons. The van der Waals surface area contributed by atoms with E-state index < -0.39 is 5.92 Å². The number of hydrogen-bond acceptors (Lipinski definition) is 2. The summed E-state index contributed by atoms with van der Waals surface area (Å²) in [5.74, 6) is -0.786. The van der Waals surface area contributed by atoms with E-state index in [9.17, 15) is 4.79 Å². The second-order valence-corrected chi connectivity index (χ2v) is 4.11. The van der Waals surface area contributed by atoms with Crippen molar-refractivity contribution in [3.05, 3.63) is 34.9 Å². The van der Waals surface area contributed by atoms with Crippen LogP contribution in [0.4, 0.5) is 0 Å². The molecule has 16 heavy (non-hydrogen) atoms. The summed E-state index contributed by atoms with van der Waals surface area (Å²) in [6, 6.07) is 9.25. The van der Waals surface area contributed by atoms with Gasteiger partial charge in [-0.2, -0.15) is 5.26 Å². The van der Waals surface area contributed by atoms with Crippen molar-refractivity contribution >= 4 is 17.5 Å². The molecular formula is C12H13ClN2O. The second kappa shape index (κ2) is 5.53. The van der Waals surface area contributed by atoms with Crippen molar-refractivity contribution < 1.29 is 4.79 Å². The van der Waals surface area contributed by atoms with Gasteiger partial charge in [0.2, 0.25) is 5.91 Å². The minimum Gasteiger partial charge on any atom is -0.340 e. The first-order valence-corrected chi connectivity index (χ1v) is 5.31. The van der Waals surface area contributed by atoms with Gasteiger partial charge in [0.25, 0.3) is 0 Å². The zero-order valence-corrected chi connectivity index (χ0v) is 10.0. The van der Waals surface area contributed by atoms with Crippen LogP contribution < -0.4 is 0 Å². The third-order valence-electron chi connectivity index (χ3n) is 2.25. The first-order valence-electron chi connectivity index (χ1n) is 4.93. The lowest BCUT2D eigenvalue weighted by Crippen LogP contribution is -2.30. The van der Waals surface area contributed by atoms with Crippen LogP contribution >= 0.6 is 11.6 Å². The molecule has 0 aromatic heterocycles. The zero-order chi connectivity index (χ0) is 12.1. The summed E-state index contributed by atoms with van der Waals surface area (Å²) in [6.45, 7) is 2.06. The van der Waals surface area contributed by atoms with Gasteiger partial charge in [-0.05, 0) is 24.6 Å². The lowest BCUT2D eigenvalue weighted by molar-refractivity contribution is -0.132. The fourth-order valence-corrected chi connectivity index (χ4v) is 1.59. The number of hydrogen-bond donors (Lipinski definition) is 0. The van der Waals surface area contributed by atoms with Crippen molar-refractivity contribution in [3.63, 3.8) is 0 Å². The van der Waals surface area contributed by atoms with Gasteiger partial charge in [-0.1, -0.05) is 23.7 Å². The van der Waals surface area contributed by atoms with Crippen LogP contribution in [0.1, 0.15) is 12.5 Å². The number of carbonyl (C=O) groups is 1. The monoisotopic (exact) mass is 236 g/mol. The number of rotatable bonds is 3. The number of halogens is 1. The van der Waals surface area contributed by atoms with Gasteiger partial charge in [-0.15, -0.1) is 0 Å². The molecule has 1 unspecified atom stereocenters. The van der Waals surface area contributed by atoms with Crippen LogP contribution in [-0.4, -0.2) is 17.9 Å². The van der Waals surface area contributed by atoms with Gasteiger partial charge < -0.3 is 4.90 Å². The summed E-state index contributed by atoms with van der Waals surface area (Å²) in [7, 11) is 1.68. The van der Waals surface area contributed by atoms with Crippen LogP contribution in [0.3, 0.4) is 0 Å². The molecule has 84 valence electrons. The van der Waals surface area contributed by atoms with E-state index in [4.69, 9.17) is 16.9 Å². The molecule has 4 heteroatoms. The van der Waals surface area contributed by atoms with E-state index in [1.54, 1.807) is 20.0 Å². The summed E-state index contributed by atoms with van der Waals surface area (Å²) in [6.07, 6.45) is 0. The van der Waals surface area contributed by atoms with Crippen molar-refractivity contribution in [2.75, 3.05) is 7.05 Å². The second-order valence-electron chi connectivity index (χ2n) is 3.68. The average molecular weight is 237 g/mol. The Balaban J connectivity index is 2.68. The highest BCUT2D eigenvalue weighted by molar-refractivity contribution is 6.30. The van der Waals surface area contributed by atoms with Gasteiger partial charge in [-0.3, -0.25) is 4.79 Å². The molecule has 0 aliphatic carbocycles. The molecule has 1 aromatic rings. The summed E-state index contributed by atoms with van der Waals surface area (Å²) >= 11 is 5.84. The Kier molecular flexibility index (Phi) is 4.33. The molecule has 0 N–H and O–H groups in total. The van der Waals surface area contributed by atoms with Crippen molar-refractivity contribution in [1.29, 1.82) is 5.26 Å². The highest BCUT2D eigenvalue weighted by Crippen LogP contribution is 2.13. The molecule has 0 aliphatic heterocycles. The van der Waals surface area contributed by atoms with Gasteiger partial charge in [0.1, 0.15) is 5.92 Å². The van der Waals surface area contributed by atoms with Crippen LogP contribution in [0.2, 0.25) is 5.02 Å². The van der Waals surface area contributed by atoms with Crippen molar-refractivity contribution in [1.82, 2.24) is 4.90 Å². The Morgan fingerprint density at radius 3 is 2.88 bits per heavy atom. The molecule has 0 spiro atoms. The predicted octanol–water partition coefficient (Wildman–Crippen LogP) is 2.46. The topological polar surface area (TPSA) is 44.1 Å². The highest BCUT2D eigenvalue weighted by Gasteiger charge is 2.16. The van der Waals surface area contributed by atoms with Gasteiger partial charge in [0, 0.05) is 18.6 Å². The molecule has 1 atom stereocenters. The number of amides is 1. The molecular weight excluding hydrogens is 224 g/mol. The van der Waals surface area contributed by atoms with Crippen molar-refractivity contribution in [2.24, 2.45) is 5.92 Å². The molecule has 0 bridgehead atoms. The lowest BCUT2D eigenvalue weighted by atomic mass is 10.1. The standard InChI is InChI=1S/C12H13ClN2O/c1-9(7-14)12(16)15(2)8-10-4-3-5-11(13)6-10/h3-6,9H,8H2,1-2H3. The maximum Gasteiger partial charge on any atom is 0.239 e. The van der Waals surface area contributed by atoms with Crippen LogP contribution in [-0.2, 0) is 11.3 Å². The minimum atomic E-state index is -0.607. The first kappa shape index (κ1) is 12.5. The molecule has 1 aromatic carbocycles. The van der Waals surface area contributed by atoms with E-state index >= 15 is 0 Å². The maximum atomic E-state index is 11.6. The van der Waals surface area contributed by atoms with E-state index in [0.29, 0.717) is 11.6 Å². The van der Waals surface area contributed by atoms with Gasteiger partial charge in [0.05, 0.1) is 6.07 Å². The number of benzene rings is 1. The molecule has 0 heterocycles. The summed E-state index contributed by atoms with van der Waals surface area (Å²) in [5, 5.41) is 9.29. The average Bonchev–Trinajstić information content (AvgIpc) is 2.27. The third kappa shape index (κ3) is 3.25. The molecule has 0 saturated heterocycles. The summed E-state index contributed by atoms with van der Waals surface area (Å²) in [5.41, 5.74) is 0.952. The highest BCUT2D eigenvalue weighted by atomic mass is 35.5. The molecule has 1 rings (SSSR count). The van der Waals surface area contributed by atoms with E-state index in [2.05, 4.69) is 0 Å². The van der Waals surface area contributed by atoms with E-state index in [1.165, 1.54) is 4.90 Å². The number of nitriles is 1. The smallest absolute Gasteiger partial charge is 0.239 e. The molecule has 3 nitrogen and oxygen atoms in total. The fraction of sp³-hybridized carbons (Fsp3) is 0.333. The Morgan fingerprint density at radius 1 is 1.62 bits per heavy atom. The van der Waals surface area contributed by atoms with Crippen LogP contribution in [0.25, 0.3) is 0 Å². The normalized spacial score (nSPS) is 11.6. The minimum absolute atomic E-state index is 0.178. The Bertz CT molecular complexity index is 425. The number of carbonyl (C=O) groups excluding carboxylic acids is 1. The molecule has 0 saturated carbocycles. The molecule has 0 aliphatic rings. The SMILES string of the molecule is CC(C#N)C(=O)N(C)Cc1cccc(Cl)c1. The molecule has 1 amide bonds. The van der Waals surface area contributed by atoms with Gasteiger partial charge in [-0.25, -0.2) is 0 Å². The Labute approximate surface area is 100 Å². The van der Waals surface area contributed by atoms with Crippen LogP contribution in [0, 0.1) is 17.2 Å². The Morgan fingerprint density at radius 2 is 2.31 bits per heavy atom. The number of nitrogens with zero attached hydrogens (tertiary/aromatic N) is 2. The zero-order valence-electron chi connectivity index (χ0n) is 9.27. The first-order chi connectivity index (χ1) is 7.54. The molecule has 0 fully saturated rings. The summed E-state index contributed by atoms with van der Waals surface area (Å²) < 4.78 is 0. The van der Waals surface area contributed by atoms with Gasteiger partial charge >= 0.3 is 0 Å². The van der Waals surface area contributed by atoms with Crippen molar-refractivity contribution in [3.8, 4) is 6.07 Å². The lowest BCUT2D eigenvalue weighted by Gasteiger charge is -2.18. The van der Waals surface area contributed by atoms with E-state index in [0.717, 1.165) is 5.56 Å². The largest absolute Gasteiger partial charge is 0.340 e. The predicted molar refractivity (Wildman–Crippen MR) is 62.7 cm³/mol. The third-order valence-corrected chi connectivity index (χ3v) is 2.48. The Hall–Kier alpha value is -1.53. The summed E-state index contributed by atoms with van der Waals surface area (Å²) in [4.78, 5) is 13.2. The maximum absolute atomic E-state index is 11.6.